The summed E-state index contributed by atoms with van der Waals surface area (Å²) in [6.07, 6.45) is 2.07. The molecule has 18 heavy (non-hydrogen) atoms. The molecule has 1 saturated carbocycles. The fraction of sp³-hybridized carbons (Fsp3) is 0.846. The van der Waals surface area contributed by atoms with Crippen LogP contribution in [-0.2, 0) is 9.53 Å². The molecule has 5 heteroatoms. The van der Waals surface area contributed by atoms with Gasteiger partial charge in [0.05, 0.1) is 0 Å². The summed E-state index contributed by atoms with van der Waals surface area (Å²) in [6.45, 7) is 7.68. The van der Waals surface area contributed by atoms with E-state index in [9.17, 15) is 14.7 Å². The van der Waals surface area contributed by atoms with Crippen molar-refractivity contribution in [2.24, 2.45) is 0 Å². The maximum absolute atomic E-state index is 12.1. The summed E-state index contributed by atoms with van der Waals surface area (Å²) >= 11 is 0. The van der Waals surface area contributed by atoms with Crippen LogP contribution in [0.2, 0.25) is 0 Å². The Bertz CT molecular complexity index is 328. The molecule has 0 atom stereocenters. The maximum Gasteiger partial charge on any atom is 0.411 e. The van der Waals surface area contributed by atoms with E-state index in [1.165, 1.54) is 4.90 Å². The molecule has 0 aromatic rings. The Morgan fingerprint density at radius 3 is 2.17 bits per heavy atom. The van der Waals surface area contributed by atoms with Crippen molar-refractivity contribution in [3.63, 3.8) is 0 Å². The number of nitrogens with zero attached hydrogens (tertiary/aromatic N) is 1. The fourth-order valence-electron chi connectivity index (χ4n) is 2.13. The topological polar surface area (TPSA) is 66.8 Å². The number of carboxylic acids is 1. The van der Waals surface area contributed by atoms with Gasteiger partial charge in [-0.1, -0.05) is 6.92 Å². The Morgan fingerprint density at radius 1 is 1.33 bits per heavy atom. The van der Waals surface area contributed by atoms with E-state index in [2.05, 4.69) is 0 Å². The van der Waals surface area contributed by atoms with Gasteiger partial charge in [-0.15, -0.1) is 0 Å². The standard InChI is InChI=1S/C13H23NO4/c1-5-9-14(11(17)18-12(2,3)4)13(10(15)16)7-6-8-13/h5-9H2,1-4H3,(H,15,16). The molecule has 1 aliphatic carbocycles. The minimum absolute atomic E-state index is 0.418. The molecule has 1 rings (SSSR count). The lowest BCUT2D eigenvalue weighted by atomic mass is 9.75. The minimum Gasteiger partial charge on any atom is -0.479 e. The van der Waals surface area contributed by atoms with Gasteiger partial charge in [-0.05, 0) is 46.5 Å². The number of carboxylic acid groups (broad SMARTS) is 1. The highest BCUT2D eigenvalue weighted by molar-refractivity contribution is 5.85. The predicted octanol–water partition coefficient (Wildman–Crippen LogP) is 2.64. The smallest absolute Gasteiger partial charge is 0.411 e. The third-order valence-electron chi connectivity index (χ3n) is 3.16. The first-order chi connectivity index (χ1) is 8.23. The van der Waals surface area contributed by atoms with Crippen LogP contribution in [0.25, 0.3) is 0 Å². The van der Waals surface area contributed by atoms with Gasteiger partial charge in [0.25, 0.3) is 0 Å². The van der Waals surface area contributed by atoms with Crippen LogP contribution in [0.1, 0.15) is 53.4 Å². The molecule has 0 aromatic carbocycles. The van der Waals surface area contributed by atoms with Crippen LogP contribution in [0.3, 0.4) is 0 Å². The highest BCUT2D eigenvalue weighted by atomic mass is 16.6. The van der Waals surface area contributed by atoms with E-state index in [1.54, 1.807) is 20.8 Å². The number of ether oxygens (including phenoxy) is 1. The van der Waals surface area contributed by atoms with Crippen LogP contribution >= 0.6 is 0 Å². The Labute approximate surface area is 108 Å². The van der Waals surface area contributed by atoms with Crippen LogP contribution < -0.4 is 0 Å². The Kier molecular flexibility index (Phi) is 4.24. The van der Waals surface area contributed by atoms with Crippen LogP contribution in [-0.4, -0.2) is 39.8 Å². The highest BCUT2D eigenvalue weighted by Crippen LogP contribution is 2.39. The third kappa shape index (κ3) is 2.94. The van der Waals surface area contributed by atoms with E-state index in [1.807, 2.05) is 6.92 Å². The lowest BCUT2D eigenvalue weighted by molar-refractivity contribution is -0.157. The average molecular weight is 257 g/mol. The zero-order valence-corrected chi connectivity index (χ0v) is 11.7. The number of carbonyl (C=O) groups excluding carboxylic acids is 1. The van der Waals surface area contributed by atoms with Crippen molar-refractivity contribution >= 4 is 12.1 Å². The molecule has 0 radical (unpaired) electrons. The van der Waals surface area contributed by atoms with E-state index < -0.39 is 23.2 Å². The molecule has 0 aromatic heterocycles. The summed E-state index contributed by atoms with van der Waals surface area (Å²) in [7, 11) is 0. The number of rotatable bonds is 4. The highest BCUT2D eigenvalue weighted by Gasteiger charge is 2.52. The molecule has 0 unspecified atom stereocenters. The van der Waals surface area contributed by atoms with Crippen LogP contribution in [0.4, 0.5) is 4.79 Å². The van der Waals surface area contributed by atoms with Crippen molar-refractivity contribution in [1.29, 1.82) is 0 Å². The number of amides is 1. The van der Waals surface area contributed by atoms with Crippen molar-refractivity contribution in [1.82, 2.24) is 4.90 Å². The van der Waals surface area contributed by atoms with Crippen molar-refractivity contribution < 1.29 is 19.4 Å². The zero-order chi connectivity index (χ0) is 14.0. The van der Waals surface area contributed by atoms with Crippen molar-refractivity contribution in [3.8, 4) is 0 Å². The molecule has 1 N–H and O–H groups in total. The molecule has 0 bridgehead atoms. The van der Waals surface area contributed by atoms with E-state index in [4.69, 9.17) is 4.74 Å². The molecule has 5 nitrogen and oxygen atoms in total. The van der Waals surface area contributed by atoms with Gasteiger partial charge in [-0.2, -0.15) is 0 Å². The van der Waals surface area contributed by atoms with Gasteiger partial charge in [0.1, 0.15) is 11.1 Å². The maximum atomic E-state index is 12.1. The quantitative estimate of drug-likeness (QED) is 0.840. The Morgan fingerprint density at radius 2 is 1.89 bits per heavy atom. The molecule has 0 aliphatic heterocycles. The summed E-state index contributed by atoms with van der Waals surface area (Å²) in [4.78, 5) is 25.0. The summed E-state index contributed by atoms with van der Waals surface area (Å²) in [5.74, 6) is -0.923. The predicted molar refractivity (Wildman–Crippen MR) is 67.4 cm³/mol. The van der Waals surface area contributed by atoms with Gasteiger partial charge in [0.15, 0.2) is 0 Å². The SMILES string of the molecule is CCCN(C(=O)OC(C)(C)C)C1(C(=O)O)CCC1. The van der Waals surface area contributed by atoms with Crippen LogP contribution in [0.5, 0.6) is 0 Å². The second kappa shape index (κ2) is 5.16. The summed E-state index contributed by atoms with van der Waals surface area (Å²) in [6, 6.07) is 0. The number of hydrogen-bond donors (Lipinski definition) is 1. The van der Waals surface area contributed by atoms with E-state index in [0.29, 0.717) is 25.8 Å². The molecule has 104 valence electrons. The molecule has 0 spiro atoms. The van der Waals surface area contributed by atoms with Gasteiger partial charge in [0, 0.05) is 6.54 Å². The first-order valence-corrected chi connectivity index (χ1v) is 6.47. The van der Waals surface area contributed by atoms with E-state index in [0.717, 1.165) is 6.42 Å². The largest absolute Gasteiger partial charge is 0.479 e. The van der Waals surface area contributed by atoms with Crippen LogP contribution in [0, 0.1) is 0 Å². The third-order valence-corrected chi connectivity index (χ3v) is 3.16. The number of aliphatic carboxylic acids is 1. The van der Waals surface area contributed by atoms with E-state index >= 15 is 0 Å². The average Bonchev–Trinajstić information content (AvgIpc) is 2.11. The summed E-state index contributed by atoms with van der Waals surface area (Å²) in [5.41, 5.74) is -1.65. The number of hydrogen-bond acceptors (Lipinski definition) is 3. The molecule has 1 fully saturated rings. The van der Waals surface area contributed by atoms with Gasteiger partial charge in [-0.3, -0.25) is 4.90 Å². The van der Waals surface area contributed by atoms with Gasteiger partial charge in [-0.25, -0.2) is 9.59 Å². The molecule has 0 saturated heterocycles. The molecule has 0 heterocycles. The molecular weight excluding hydrogens is 234 g/mol. The summed E-state index contributed by atoms with van der Waals surface area (Å²) in [5, 5.41) is 9.38. The van der Waals surface area contributed by atoms with Crippen molar-refractivity contribution in [2.45, 2.75) is 64.5 Å². The lowest BCUT2D eigenvalue weighted by Gasteiger charge is -2.46. The Hall–Kier alpha value is -1.26. The van der Waals surface area contributed by atoms with Crippen molar-refractivity contribution in [3.05, 3.63) is 0 Å². The lowest BCUT2D eigenvalue weighted by Crippen LogP contribution is -2.62. The summed E-state index contributed by atoms with van der Waals surface area (Å²) < 4.78 is 5.31. The Balaban J connectivity index is 2.88. The molecular formula is C13H23NO4. The first kappa shape index (κ1) is 14.8. The fourth-order valence-corrected chi connectivity index (χ4v) is 2.13. The second-order valence-corrected chi connectivity index (χ2v) is 5.82. The van der Waals surface area contributed by atoms with E-state index in [-0.39, 0.29) is 0 Å². The van der Waals surface area contributed by atoms with Crippen LogP contribution in [0.15, 0.2) is 0 Å². The monoisotopic (exact) mass is 257 g/mol. The van der Waals surface area contributed by atoms with Gasteiger partial charge in [0.2, 0.25) is 0 Å². The molecule has 1 amide bonds. The molecule has 1 aliphatic rings. The first-order valence-electron chi connectivity index (χ1n) is 6.47. The van der Waals surface area contributed by atoms with Crippen molar-refractivity contribution in [2.75, 3.05) is 6.54 Å². The number of carbonyl (C=O) groups is 2. The minimum atomic E-state index is -1.04. The second-order valence-electron chi connectivity index (χ2n) is 5.82. The van der Waals surface area contributed by atoms with Gasteiger partial charge < -0.3 is 9.84 Å². The normalized spacial score (nSPS) is 17.8. The zero-order valence-electron chi connectivity index (χ0n) is 11.7. The van der Waals surface area contributed by atoms with Gasteiger partial charge >= 0.3 is 12.1 Å².